The standard InChI is InChI=1S/C41H59N7O7/c1-9-27(3)35(48-22-21-46(40(48)53)24-30-18-14-15-28(4)42-30)37(50)43-33(23-29-16-12-11-13-17-29)34(49)26-47(25-32-20-19-31(10-2)55-32)45-38(51)36(41(5,6)7)44-39(52)54-8/h11-20,27,33-36,49H,9-10,21-26H2,1-8H3,(H,43,50)(H,44,52)(H,45,51). The molecule has 0 radical (unpaired) electrons. The number of aryl methyl sites for hydroxylation is 2. The second-order valence-corrected chi connectivity index (χ2v) is 15.4. The average Bonchev–Trinajstić information content (AvgIpc) is 3.75. The van der Waals surface area contributed by atoms with Gasteiger partial charge in [-0.15, -0.1) is 0 Å². The molecule has 1 aromatic carbocycles. The van der Waals surface area contributed by atoms with Crippen LogP contribution in [0.3, 0.4) is 0 Å². The summed E-state index contributed by atoms with van der Waals surface area (Å²) in [4.78, 5) is 62.2. The maximum atomic E-state index is 14.4. The predicted molar refractivity (Wildman–Crippen MR) is 208 cm³/mol. The largest absolute Gasteiger partial charge is 0.465 e. The molecule has 300 valence electrons. The summed E-state index contributed by atoms with van der Waals surface area (Å²) in [6.45, 7) is 14.4. The van der Waals surface area contributed by atoms with Crippen molar-refractivity contribution in [3.63, 3.8) is 0 Å². The molecule has 1 fully saturated rings. The first-order valence-corrected chi connectivity index (χ1v) is 19.1. The van der Waals surface area contributed by atoms with Crippen LogP contribution in [0.25, 0.3) is 0 Å². The van der Waals surface area contributed by atoms with Crippen LogP contribution in [0.15, 0.2) is 65.1 Å². The molecule has 5 atom stereocenters. The van der Waals surface area contributed by atoms with Crippen molar-refractivity contribution >= 4 is 23.9 Å². The van der Waals surface area contributed by atoms with Crippen molar-refractivity contribution in [2.45, 2.75) is 105 Å². The number of nitrogens with one attached hydrogen (secondary N) is 3. The van der Waals surface area contributed by atoms with E-state index in [0.717, 1.165) is 22.7 Å². The number of nitrogens with zero attached hydrogens (tertiary/aromatic N) is 4. The van der Waals surface area contributed by atoms with Crippen LogP contribution < -0.4 is 16.1 Å². The van der Waals surface area contributed by atoms with Crippen LogP contribution in [0, 0.1) is 18.3 Å². The molecule has 1 aliphatic heterocycles. The quantitative estimate of drug-likeness (QED) is 0.136. The highest BCUT2D eigenvalue weighted by molar-refractivity contribution is 5.88. The first kappa shape index (κ1) is 42.8. The second-order valence-electron chi connectivity index (χ2n) is 15.4. The number of amides is 5. The molecule has 0 bridgehead atoms. The number of benzene rings is 1. The van der Waals surface area contributed by atoms with Crippen LogP contribution in [0.5, 0.6) is 0 Å². The number of aromatic nitrogens is 1. The third-order valence-electron chi connectivity index (χ3n) is 9.97. The van der Waals surface area contributed by atoms with Crippen LogP contribution in [-0.2, 0) is 40.3 Å². The highest BCUT2D eigenvalue weighted by atomic mass is 16.5. The first-order valence-electron chi connectivity index (χ1n) is 19.1. The highest BCUT2D eigenvalue weighted by Gasteiger charge is 2.41. The molecule has 5 amide bonds. The Morgan fingerprint density at radius 2 is 1.69 bits per heavy atom. The maximum Gasteiger partial charge on any atom is 0.407 e. The van der Waals surface area contributed by atoms with E-state index >= 15 is 0 Å². The summed E-state index contributed by atoms with van der Waals surface area (Å²) in [5.41, 5.74) is 4.71. The van der Waals surface area contributed by atoms with Crippen molar-refractivity contribution in [3.05, 3.63) is 89.1 Å². The van der Waals surface area contributed by atoms with Gasteiger partial charge in [0, 0.05) is 31.7 Å². The molecule has 55 heavy (non-hydrogen) atoms. The van der Waals surface area contributed by atoms with E-state index in [1.54, 1.807) is 9.80 Å². The third-order valence-corrected chi connectivity index (χ3v) is 9.97. The van der Waals surface area contributed by atoms with E-state index in [2.05, 4.69) is 21.0 Å². The van der Waals surface area contributed by atoms with Crippen molar-refractivity contribution in [1.29, 1.82) is 0 Å². The van der Waals surface area contributed by atoms with Crippen molar-refractivity contribution in [2.24, 2.45) is 11.3 Å². The zero-order valence-corrected chi connectivity index (χ0v) is 33.5. The lowest BCUT2D eigenvalue weighted by Crippen LogP contribution is -2.60. The van der Waals surface area contributed by atoms with E-state index in [0.29, 0.717) is 38.2 Å². The zero-order chi connectivity index (χ0) is 40.3. The Kier molecular flexibility index (Phi) is 15.2. The Hall–Kier alpha value is -4.95. The second kappa shape index (κ2) is 19.6. The zero-order valence-electron chi connectivity index (χ0n) is 33.5. The Morgan fingerprint density at radius 1 is 0.982 bits per heavy atom. The van der Waals surface area contributed by atoms with Crippen molar-refractivity contribution < 1.29 is 33.4 Å². The number of hydrogen-bond acceptors (Lipinski definition) is 9. The Bertz CT molecular complexity index is 1730. The number of rotatable bonds is 18. The number of aliphatic hydroxyl groups excluding tert-OH is 1. The summed E-state index contributed by atoms with van der Waals surface area (Å²) in [6, 6.07) is 16.0. The minimum Gasteiger partial charge on any atom is -0.465 e. The fourth-order valence-corrected chi connectivity index (χ4v) is 6.70. The van der Waals surface area contributed by atoms with E-state index < -0.39 is 41.6 Å². The number of urea groups is 1. The van der Waals surface area contributed by atoms with Crippen molar-refractivity contribution in [3.8, 4) is 0 Å². The fraction of sp³-hybridized carbons (Fsp3) is 0.537. The lowest BCUT2D eigenvalue weighted by atomic mass is 9.86. The van der Waals surface area contributed by atoms with Gasteiger partial charge in [-0.2, -0.15) is 0 Å². The molecular formula is C41H59N7O7. The third kappa shape index (κ3) is 12.0. The molecule has 1 saturated heterocycles. The van der Waals surface area contributed by atoms with Crippen LogP contribution in [0.2, 0.25) is 0 Å². The van der Waals surface area contributed by atoms with Gasteiger partial charge < -0.3 is 34.7 Å². The summed E-state index contributed by atoms with van der Waals surface area (Å²) in [6.07, 6.45) is -0.371. The van der Waals surface area contributed by atoms with Crippen molar-refractivity contribution in [1.82, 2.24) is 35.9 Å². The molecular weight excluding hydrogens is 702 g/mol. The first-order chi connectivity index (χ1) is 26.1. The summed E-state index contributed by atoms with van der Waals surface area (Å²) < 4.78 is 10.8. The summed E-state index contributed by atoms with van der Waals surface area (Å²) in [5.74, 6) is 0.233. The number of hydrazine groups is 1. The summed E-state index contributed by atoms with van der Waals surface area (Å²) >= 11 is 0. The van der Waals surface area contributed by atoms with Gasteiger partial charge in [0.15, 0.2) is 0 Å². The maximum absolute atomic E-state index is 14.4. The number of methoxy groups -OCH3 is 1. The van der Waals surface area contributed by atoms with E-state index in [1.165, 1.54) is 12.1 Å². The monoisotopic (exact) mass is 761 g/mol. The summed E-state index contributed by atoms with van der Waals surface area (Å²) in [5, 5.41) is 19.3. The Balaban J connectivity index is 1.60. The molecule has 0 spiro atoms. The number of aliphatic hydroxyl groups is 1. The normalized spacial score (nSPS) is 16.0. The minimum atomic E-state index is -1.21. The van der Waals surface area contributed by atoms with Gasteiger partial charge in [-0.3, -0.25) is 20.0 Å². The van der Waals surface area contributed by atoms with E-state index in [4.69, 9.17) is 9.15 Å². The highest BCUT2D eigenvalue weighted by Crippen LogP contribution is 2.24. The molecule has 14 heteroatoms. The van der Waals surface area contributed by atoms with Gasteiger partial charge in [-0.05, 0) is 54.5 Å². The number of ether oxygens (including phenoxy) is 1. The Labute approximate surface area is 324 Å². The summed E-state index contributed by atoms with van der Waals surface area (Å²) in [7, 11) is 1.23. The average molecular weight is 762 g/mol. The lowest BCUT2D eigenvalue weighted by molar-refractivity contribution is -0.133. The number of hydrogen-bond donors (Lipinski definition) is 4. The van der Waals surface area contributed by atoms with E-state index in [-0.39, 0.29) is 37.4 Å². The number of carbonyl (C=O) groups excluding carboxylic acids is 4. The molecule has 3 aromatic rings. The number of carbonyl (C=O) groups is 4. The number of alkyl carbamates (subject to hydrolysis) is 1. The SMILES string of the molecule is CCc1ccc(CN(CC(O)C(Cc2ccccc2)NC(=O)C(C(C)CC)N2CCN(Cc3cccc(C)n3)C2=O)NC(=O)C(NC(=O)OC)C(C)(C)C)o1. The van der Waals surface area contributed by atoms with E-state index in [9.17, 15) is 24.3 Å². The van der Waals surface area contributed by atoms with Crippen molar-refractivity contribution in [2.75, 3.05) is 26.7 Å². The van der Waals surface area contributed by atoms with Gasteiger partial charge in [0.05, 0.1) is 38.0 Å². The molecule has 2 aromatic heterocycles. The van der Waals surface area contributed by atoms with Gasteiger partial charge >= 0.3 is 12.1 Å². The molecule has 0 saturated carbocycles. The van der Waals surface area contributed by atoms with Gasteiger partial charge in [0.2, 0.25) is 5.91 Å². The molecule has 4 rings (SSSR count). The Morgan fingerprint density at radius 3 is 2.31 bits per heavy atom. The van der Waals surface area contributed by atoms with Crippen LogP contribution in [0.1, 0.15) is 76.4 Å². The van der Waals surface area contributed by atoms with Crippen LogP contribution >= 0.6 is 0 Å². The topological polar surface area (TPSA) is 170 Å². The molecule has 4 N–H and O–H groups in total. The van der Waals surface area contributed by atoms with E-state index in [1.807, 2.05) is 109 Å². The van der Waals surface area contributed by atoms with Crippen LogP contribution in [-0.4, -0.2) is 99.8 Å². The minimum absolute atomic E-state index is 0.0906. The number of furan rings is 1. The molecule has 1 aliphatic rings. The van der Waals surface area contributed by atoms with Gasteiger partial charge in [-0.25, -0.2) is 14.6 Å². The molecule has 0 aliphatic carbocycles. The number of pyridine rings is 1. The molecule has 5 unspecified atom stereocenters. The van der Waals surface area contributed by atoms with Crippen LogP contribution in [0.4, 0.5) is 9.59 Å². The lowest BCUT2D eigenvalue weighted by Gasteiger charge is -2.36. The fourth-order valence-electron chi connectivity index (χ4n) is 6.70. The molecule has 14 nitrogen and oxygen atoms in total. The predicted octanol–water partition coefficient (Wildman–Crippen LogP) is 4.59. The smallest absolute Gasteiger partial charge is 0.407 e. The molecule has 3 heterocycles. The van der Waals surface area contributed by atoms with Gasteiger partial charge in [0.1, 0.15) is 23.6 Å². The van der Waals surface area contributed by atoms with Gasteiger partial charge in [0.25, 0.3) is 5.91 Å². The van der Waals surface area contributed by atoms with Gasteiger partial charge in [-0.1, -0.05) is 84.4 Å².